The van der Waals surface area contributed by atoms with Crippen molar-refractivity contribution >= 4 is 0 Å². The molecule has 1 rings (SSSR count). The Balaban J connectivity index is 2.24. The number of benzene rings is 1. The summed E-state index contributed by atoms with van der Waals surface area (Å²) in [5, 5.41) is 8.64. The van der Waals surface area contributed by atoms with Gasteiger partial charge in [0, 0.05) is 12.6 Å². The molecule has 1 aromatic rings. The smallest absolute Gasteiger partial charge is 0.119 e. The molecule has 3 N–H and O–H groups in total. The van der Waals surface area contributed by atoms with Gasteiger partial charge < -0.3 is 15.6 Å². The molecule has 0 spiro atoms. The van der Waals surface area contributed by atoms with Gasteiger partial charge in [0.1, 0.15) is 5.75 Å². The number of nitrogens with two attached hydrogens (primary N) is 1. The van der Waals surface area contributed by atoms with Crippen LogP contribution < -0.4 is 10.5 Å². The van der Waals surface area contributed by atoms with Crippen LogP contribution in [0.5, 0.6) is 5.75 Å². The lowest BCUT2D eigenvalue weighted by Crippen LogP contribution is -2.05. The Morgan fingerprint density at radius 2 is 2.00 bits per heavy atom. The van der Waals surface area contributed by atoms with E-state index in [0.717, 1.165) is 43.6 Å². The number of hydrogen-bond acceptors (Lipinski definition) is 3. The van der Waals surface area contributed by atoms with E-state index in [2.05, 4.69) is 0 Å². The summed E-state index contributed by atoms with van der Waals surface area (Å²) in [5.41, 5.74) is 6.91. The van der Waals surface area contributed by atoms with Crippen LogP contribution in [-0.2, 0) is 0 Å². The van der Waals surface area contributed by atoms with Gasteiger partial charge in [-0.1, -0.05) is 18.6 Å². The summed E-state index contributed by atoms with van der Waals surface area (Å²) < 4.78 is 5.66. The topological polar surface area (TPSA) is 55.5 Å². The van der Waals surface area contributed by atoms with Crippen LogP contribution in [0.2, 0.25) is 0 Å². The molecule has 0 heterocycles. The third kappa shape index (κ3) is 5.71. The molecule has 0 radical (unpaired) electrons. The summed E-state index contributed by atoms with van der Waals surface area (Å²) in [7, 11) is 0. The average molecular weight is 237 g/mol. The van der Waals surface area contributed by atoms with Crippen molar-refractivity contribution in [2.45, 2.75) is 38.6 Å². The minimum Gasteiger partial charge on any atom is -0.494 e. The summed E-state index contributed by atoms with van der Waals surface area (Å²) in [6.07, 6.45) is 4.09. The molecule has 0 unspecified atom stereocenters. The number of ether oxygens (including phenoxy) is 1. The van der Waals surface area contributed by atoms with Crippen molar-refractivity contribution in [3.63, 3.8) is 0 Å². The number of rotatable bonds is 8. The van der Waals surface area contributed by atoms with Crippen molar-refractivity contribution in [1.29, 1.82) is 0 Å². The second kappa shape index (κ2) is 8.09. The van der Waals surface area contributed by atoms with E-state index in [1.807, 2.05) is 31.2 Å². The molecule has 0 aliphatic carbocycles. The minimum atomic E-state index is 0.0445. The van der Waals surface area contributed by atoms with Crippen molar-refractivity contribution in [2.24, 2.45) is 5.73 Å². The fourth-order valence-electron chi connectivity index (χ4n) is 1.64. The van der Waals surface area contributed by atoms with Crippen molar-refractivity contribution in [3.05, 3.63) is 29.8 Å². The predicted molar refractivity (Wildman–Crippen MR) is 70.1 cm³/mol. The van der Waals surface area contributed by atoms with Crippen LogP contribution in [0, 0.1) is 0 Å². The first-order chi connectivity index (χ1) is 8.24. The van der Waals surface area contributed by atoms with Gasteiger partial charge in [-0.15, -0.1) is 0 Å². The molecule has 1 atom stereocenters. The summed E-state index contributed by atoms with van der Waals surface area (Å²) in [6.45, 7) is 2.99. The normalized spacial score (nSPS) is 12.4. The monoisotopic (exact) mass is 237 g/mol. The van der Waals surface area contributed by atoms with Gasteiger partial charge in [0.2, 0.25) is 0 Å². The maximum Gasteiger partial charge on any atom is 0.119 e. The Morgan fingerprint density at radius 3 is 2.71 bits per heavy atom. The standard InChI is InChI=1S/C14H23NO2/c1-12(15)13-7-6-8-14(11-13)17-10-5-3-2-4-9-16/h6-8,11-12,16H,2-5,9-10,15H2,1H3/t12-/m0/s1. The first kappa shape index (κ1) is 14.0. The highest BCUT2D eigenvalue weighted by Gasteiger charge is 2.00. The van der Waals surface area contributed by atoms with Gasteiger partial charge in [-0.2, -0.15) is 0 Å². The number of aliphatic hydroxyl groups excluding tert-OH is 1. The Hall–Kier alpha value is -1.06. The lowest BCUT2D eigenvalue weighted by atomic mass is 10.1. The first-order valence-corrected chi connectivity index (χ1v) is 6.33. The molecular weight excluding hydrogens is 214 g/mol. The Labute approximate surface area is 104 Å². The molecule has 0 aliphatic heterocycles. The molecule has 0 saturated carbocycles. The molecule has 0 bridgehead atoms. The van der Waals surface area contributed by atoms with Gasteiger partial charge in [-0.25, -0.2) is 0 Å². The second-order valence-electron chi connectivity index (χ2n) is 4.35. The Morgan fingerprint density at radius 1 is 1.24 bits per heavy atom. The molecule has 3 heteroatoms. The van der Waals surface area contributed by atoms with Crippen LogP contribution in [0.4, 0.5) is 0 Å². The SMILES string of the molecule is C[C@H](N)c1cccc(OCCCCCCO)c1. The fourth-order valence-corrected chi connectivity index (χ4v) is 1.64. The van der Waals surface area contributed by atoms with Crippen LogP contribution in [0.1, 0.15) is 44.2 Å². The van der Waals surface area contributed by atoms with Crippen molar-refractivity contribution in [3.8, 4) is 5.75 Å². The molecule has 0 fully saturated rings. The van der Waals surface area contributed by atoms with Crippen LogP contribution >= 0.6 is 0 Å². The van der Waals surface area contributed by atoms with Crippen molar-refractivity contribution in [2.75, 3.05) is 13.2 Å². The van der Waals surface area contributed by atoms with Gasteiger partial charge in [-0.05, 0) is 43.9 Å². The number of unbranched alkanes of at least 4 members (excludes halogenated alkanes) is 3. The minimum absolute atomic E-state index is 0.0445. The molecule has 1 aromatic carbocycles. The first-order valence-electron chi connectivity index (χ1n) is 6.33. The maximum absolute atomic E-state index is 8.64. The van der Waals surface area contributed by atoms with Crippen LogP contribution in [0.3, 0.4) is 0 Å². The molecule has 3 nitrogen and oxygen atoms in total. The molecule has 96 valence electrons. The van der Waals surface area contributed by atoms with Crippen LogP contribution in [0.25, 0.3) is 0 Å². The summed E-state index contributed by atoms with van der Waals surface area (Å²) in [5.74, 6) is 0.891. The van der Waals surface area contributed by atoms with E-state index in [0.29, 0.717) is 0 Å². The van der Waals surface area contributed by atoms with Gasteiger partial charge in [0.15, 0.2) is 0 Å². The molecule has 17 heavy (non-hydrogen) atoms. The van der Waals surface area contributed by atoms with Gasteiger partial charge in [0.05, 0.1) is 6.61 Å². The molecular formula is C14H23NO2. The van der Waals surface area contributed by atoms with Crippen molar-refractivity contribution < 1.29 is 9.84 Å². The van der Waals surface area contributed by atoms with Crippen LogP contribution in [-0.4, -0.2) is 18.3 Å². The zero-order valence-corrected chi connectivity index (χ0v) is 10.6. The zero-order chi connectivity index (χ0) is 12.5. The molecule has 0 aliphatic rings. The highest BCUT2D eigenvalue weighted by atomic mass is 16.5. The number of aliphatic hydroxyl groups is 1. The summed E-state index contributed by atoms with van der Waals surface area (Å²) >= 11 is 0. The van der Waals surface area contributed by atoms with Gasteiger partial charge in [0.25, 0.3) is 0 Å². The fraction of sp³-hybridized carbons (Fsp3) is 0.571. The van der Waals surface area contributed by atoms with E-state index in [1.54, 1.807) is 0 Å². The Bertz CT molecular complexity index is 313. The Kier molecular flexibility index (Phi) is 6.67. The van der Waals surface area contributed by atoms with Crippen LogP contribution in [0.15, 0.2) is 24.3 Å². The molecule has 0 amide bonds. The van der Waals surface area contributed by atoms with E-state index in [4.69, 9.17) is 15.6 Å². The molecule has 0 saturated heterocycles. The van der Waals surface area contributed by atoms with E-state index in [1.165, 1.54) is 0 Å². The maximum atomic E-state index is 8.64. The zero-order valence-electron chi connectivity index (χ0n) is 10.6. The number of hydrogen-bond donors (Lipinski definition) is 2. The van der Waals surface area contributed by atoms with E-state index >= 15 is 0 Å². The average Bonchev–Trinajstić information content (AvgIpc) is 2.34. The highest BCUT2D eigenvalue weighted by Crippen LogP contribution is 2.17. The lowest BCUT2D eigenvalue weighted by Gasteiger charge is -2.09. The predicted octanol–water partition coefficient (Wildman–Crippen LogP) is 2.64. The highest BCUT2D eigenvalue weighted by molar-refractivity contribution is 5.30. The third-order valence-electron chi connectivity index (χ3n) is 2.71. The van der Waals surface area contributed by atoms with Crippen molar-refractivity contribution in [1.82, 2.24) is 0 Å². The molecule has 0 aromatic heterocycles. The van der Waals surface area contributed by atoms with Gasteiger partial charge >= 0.3 is 0 Å². The second-order valence-corrected chi connectivity index (χ2v) is 4.35. The van der Waals surface area contributed by atoms with E-state index in [-0.39, 0.29) is 12.6 Å². The van der Waals surface area contributed by atoms with Gasteiger partial charge in [-0.3, -0.25) is 0 Å². The summed E-state index contributed by atoms with van der Waals surface area (Å²) in [4.78, 5) is 0. The summed E-state index contributed by atoms with van der Waals surface area (Å²) in [6, 6.07) is 7.99. The lowest BCUT2D eigenvalue weighted by molar-refractivity contribution is 0.273. The quantitative estimate of drug-likeness (QED) is 0.683. The van der Waals surface area contributed by atoms with E-state index < -0.39 is 0 Å². The largest absolute Gasteiger partial charge is 0.494 e. The van der Waals surface area contributed by atoms with E-state index in [9.17, 15) is 0 Å². The third-order valence-corrected chi connectivity index (χ3v) is 2.71.